The molecule has 0 N–H and O–H groups in total. The molecule has 2 aliphatic heterocycles. The van der Waals surface area contributed by atoms with Crippen LogP contribution in [-0.4, -0.2) is 11.6 Å². The lowest BCUT2D eigenvalue weighted by Gasteiger charge is -2.56. The van der Waals surface area contributed by atoms with Gasteiger partial charge in [-0.05, 0) is 23.8 Å². The lowest BCUT2D eigenvalue weighted by molar-refractivity contribution is -0.0462. The van der Waals surface area contributed by atoms with Crippen LogP contribution < -0.4 is 9.64 Å². The molecule has 0 radical (unpaired) electrons. The molecule has 4 nitrogen and oxygen atoms in total. The highest BCUT2D eigenvalue weighted by molar-refractivity contribution is 6.11. The molecule has 5 rings (SSSR count). The summed E-state index contributed by atoms with van der Waals surface area (Å²) in [5.41, 5.74) is 1.72. The number of para-hydroxylation sites is 2. The second-order valence-electron chi connectivity index (χ2n) is 6.06. The molecular formula is C18H12N2O2. The van der Waals surface area contributed by atoms with Gasteiger partial charge in [0.25, 0.3) is 5.91 Å². The van der Waals surface area contributed by atoms with Crippen LogP contribution in [-0.2, 0) is 0 Å². The number of hydrogen-bond acceptors (Lipinski definition) is 3. The van der Waals surface area contributed by atoms with E-state index in [1.54, 1.807) is 4.90 Å². The van der Waals surface area contributed by atoms with Crippen LogP contribution in [0.4, 0.5) is 5.69 Å². The smallest absolute Gasteiger partial charge is 0.261 e. The Morgan fingerprint density at radius 2 is 1.95 bits per heavy atom. The molecule has 1 spiro atoms. The first kappa shape index (κ1) is 11.8. The summed E-state index contributed by atoms with van der Waals surface area (Å²) in [5, 5.41) is 9.44. The molecule has 0 aromatic heterocycles. The summed E-state index contributed by atoms with van der Waals surface area (Å²) >= 11 is 0. The number of carbonyl (C=O) groups is 1. The summed E-state index contributed by atoms with van der Waals surface area (Å²) in [6.45, 7) is 0. The molecular weight excluding hydrogens is 276 g/mol. The van der Waals surface area contributed by atoms with Gasteiger partial charge in [0.15, 0.2) is 5.72 Å². The summed E-state index contributed by atoms with van der Waals surface area (Å²) in [5.74, 6) is 0.489. The predicted molar refractivity (Wildman–Crippen MR) is 79.5 cm³/mol. The van der Waals surface area contributed by atoms with Crippen molar-refractivity contribution in [1.29, 1.82) is 5.26 Å². The van der Waals surface area contributed by atoms with E-state index in [0.717, 1.165) is 17.0 Å². The van der Waals surface area contributed by atoms with E-state index in [1.807, 2.05) is 48.5 Å². The van der Waals surface area contributed by atoms with Gasteiger partial charge in [0.2, 0.25) is 0 Å². The van der Waals surface area contributed by atoms with Crippen molar-refractivity contribution in [2.75, 3.05) is 4.90 Å². The zero-order chi connectivity index (χ0) is 14.9. The van der Waals surface area contributed by atoms with Crippen molar-refractivity contribution in [1.82, 2.24) is 0 Å². The van der Waals surface area contributed by atoms with Gasteiger partial charge in [-0.25, -0.2) is 0 Å². The van der Waals surface area contributed by atoms with Gasteiger partial charge in [-0.1, -0.05) is 30.3 Å². The van der Waals surface area contributed by atoms with Crippen LogP contribution in [0.25, 0.3) is 0 Å². The Morgan fingerprint density at radius 3 is 2.82 bits per heavy atom. The lowest BCUT2D eigenvalue weighted by atomic mass is 9.60. The minimum atomic E-state index is -0.713. The molecule has 1 saturated carbocycles. The number of rotatable bonds is 0. The highest BCUT2D eigenvalue weighted by atomic mass is 16.5. The molecule has 1 fully saturated rings. The van der Waals surface area contributed by atoms with Crippen molar-refractivity contribution in [2.45, 2.75) is 18.1 Å². The summed E-state index contributed by atoms with van der Waals surface area (Å²) in [4.78, 5) is 14.8. The van der Waals surface area contributed by atoms with Gasteiger partial charge in [0, 0.05) is 12.0 Å². The minimum Gasteiger partial charge on any atom is -0.465 e. The number of amides is 1. The standard InChI is InChI=1S/C18H12N2O2/c19-10-11-9-18-16(11)12-5-1-2-6-13(12)17(21)20(18)14-7-3-4-8-15(14)22-18/h1-8,11,16H,9H2/t11?,16-,18+/m1/s1. The molecule has 1 aliphatic carbocycles. The van der Waals surface area contributed by atoms with Crippen LogP contribution in [0.15, 0.2) is 48.5 Å². The minimum absolute atomic E-state index is 0.0341. The van der Waals surface area contributed by atoms with Crippen molar-refractivity contribution in [2.24, 2.45) is 5.92 Å². The number of carbonyl (C=O) groups excluding carboxylic acids is 1. The Morgan fingerprint density at radius 1 is 1.18 bits per heavy atom. The van der Waals surface area contributed by atoms with Crippen LogP contribution in [0, 0.1) is 17.2 Å². The first-order valence-corrected chi connectivity index (χ1v) is 7.37. The van der Waals surface area contributed by atoms with Crippen molar-refractivity contribution < 1.29 is 9.53 Å². The third-order valence-electron chi connectivity index (χ3n) is 5.07. The SMILES string of the molecule is N#CC1C[C@@]23Oc4ccccc4N2C(=O)c2ccccc2[C@@H]13. The predicted octanol–water partition coefficient (Wildman–Crippen LogP) is 3.06. The van der Waals surface area contributed by atoms with Crippen LogP contribution in [0.5, 0.6) is 5.75 Å². The maximum atomic E-state index is 13.0. The Bertz CT molecular complexity index is 869. The van der Waals surface area contributed by atoms with E-state index in [1.165, 1.54) is 0 Å². The summed E-state index contributed by atoms with van der Waals surface area (Å²) in [6, 6.07) is 17.6. The Hall–Kier alpha value is -2.80. The van der Waals surface area contributed by atoms with Crippen LogP contribution >= 0.6 is 0 Å². The van der Waals surface area contributed by atoms with Gasteiger partial charge in [-0.3, -0.25) is 9.69 Å². The molecule has 4 heteroatoms. The zero-order valence-corrected chi connectivity index (χ0v) is 11.7. The summed E-state index contributed by atoms with van der Waals surface area (Å²) in [6.07, 6.45) is 0.558. The molecule has 0 bridgehead atoms. The number of fused-ring (bicyclic) bond motifs is 4. The number of ether oxygens (including phenoxy) is 1. The molecule has 1 amide bonds. The maximum absolute atomic E-state index is 13.0. The topological polar surface area (TPSA) is 53.3 Å². The first-order valence-electron chi connectivity index (χ1n) is 7.37. The Kier molecular flexibility index (Phi) is 1.98. The number of benzene rings is 2. The summed E-state index contributed by atoms with van der Waals surface area (Å²) in [7, 11) is 0. The van der Waals surface area contributed by atoms with E-state index in [4.69, 9.17) is 4.74 Å². The third kappa shape index (κ3) is 1.13. The van der Waals surface area contributed by atoms with Gasteiger partial charge >= 0.3 is 0 Å². The van der Waals surface area contributed by atoms with Gasteiger partial charge in [0.1, 0.15) is 5.75 Å². The first-order chi connectivity index (χ1) is 10.8. The van der Waals surface area contributed by atoms with Crippen molar-refractivity contribution in [3.05, 3.63) is 59.7 Å². The van der Waals surface area contributed by atoms with Crippen LogP contribution in [0.2, 0.25) is 0 Å². The van der Waals surface area contributed by atoms with Gasteiger partial charge in [0.05, 0.1) is 23.6 Å². The van der Waals surface area contributed by atoms with E-state index in [-0.39, 0.29) is 17.7 Å². The molecule has 2 aromatic rings. The highest BCUT2D eigenvalue weighted by Gasteiger charge is 2.68. The van der Waals surface area contributed by atoms with E-state index in [0.29, 0.717) is 12.0 Å². The van der Waals surface area contributed by atoms with E-state index < -0.39 is 5.72 Å². The fourth-order valence-corrected chi connectivity index (χ4v) is 4.16. The normalized spacial score (nSPS) is 30.1. The number of hydrogen-bond donors (Lipinski definition) is 0. The second kappa shape index (κ2) is 3.69. The lowest BCUT2D eigenvalue weighted by Crippen LogP contribution is -2.68. The van der Waals surface area contributed by atoms with Gasteiger partial charge < -0.3 is 4.74 Å². The number of nitrogens with zero attached hydrogens (tertiary/aromatic N) is 2. The van der Waals surface area contributed by atoms with E-state index in [2.05, 4.69) is 6.07 Å². The fraction of sp³-hybridized carbons (Fsp3) is 0.222. The third-order valence-corrected chi connectivity index (χ3v) is 5.07. The largest absolute Gasteiger partial charge is 0.465 e. The molecule has 2 heterocycles. The fourth-order valence-electron chi connectivity index (χ4n) is 4.16. The molecule has 0 saturated heterocycles. The summed E-state index contributed by atoms with van der Waals surface area (Å²) < 4.78 is 6.21. The highest BCUT2D eigenvalue weighted by Crippen LogP contribution is 2.63. The second-order valence-corrected chi connectivity index (χ2v) is 6.06. The Labute approximate surface area is 127 Å². The van der Waals surface area contributed by atoms with E-state index in [9.17, 15) is 10.1 Å². The van der Waals surface area contributed by atoms with Gasteiger partial charge in [-0.15, -0.1) is 0 Å². The molecule has 3 aliphatic rings. The van der Waals surface area contributed by atoms with Crippen molar-refractivity contribution in [3.8, 4) is 11.8 Å². The molecule has 1 unspecified atom stereocenters. The molecule has 22 heavy (non-hydrogen) atoms. The van der Waals surface area contributed by atoms with Crippen molar-refractivity contribution in [3.63, 3.8) is 0 Å². The number of nitriles is 1. The molecule has 3 atom stereocenters. The van der Waals surface area contributed by atoms with Crippen molar-refractivity contribution >= 4 is 11.6 Å². The molecule has 106 valence electrons. The molecule has 2 aromatic carbocycles. The van der Waals surface area contributed by atoms with Crippen LogP contribution in [0.1, 0.15) is 28.3 Å². The maximum Gasteiger partial charge on any atom is 0.261 e. The average Bonchev–Trinajstić information content (AvgIpc) is 2.88. The average molecular weight is 288 g/mol. The van der Waals surface area contributed by atoms with E-state index >= 15 is 0 Å². The Balaban J connectivity index is 1.79. The van der Waals surface area contributed by atoms with Gasteiger partial charge in [-0.2, -0.15) is 5.26 Å². The monoisotopic (exact) mass is 288 g/mol. The quantitative estimate of drug-likeness (QED) is 0.748. The zero-order valence-electron chi connectivity index (χ0n) is 11.7. The number of anilines is 1. The van der Waals surface area contributed by atoms with Crippen LogP contribution in [0.3, 0.4) is 0 Å².